The lowest BCUT2D eigenvalue weighted by Gasteiger charge is -2.55. The maximum Gasteiger partial charge on any atom is 0.272 e. The lowest BCUT2D eigenvalue weighted by molar-refractivity contribution is -0.145. The van der Waals surface area contributed by atoms with Crippen LogP contribution in [0.25, 0.3) is 0 Å². The van der Waals surface area contributed by atoms with Crippen molar-refractivity contribution in [3.63, 3.8) is 0 Å². The van der Waals surface area contributed by atoms with Crippen molar-refractivity contribution < 1.29 is 14.6 Å². The molecular formula is C16H23N3O3. The summed E-state index contributed by atoms with van der Waals surface area (Å²) in [5.41, 5.74) is 1.49. The molecule has 1 saturated carbocycles. The van der Waals surface area contributed by atoms with E-state index in [1.54, 1.807) is 0 Å². The van der Waals surface area contributed by atoms with Crippen LogP contribution in [0.3, 0.4) is 0 Å². The van der Waals surface area contributed by atoms with Crippen LogP contribution in [-0.2, 0) is 17.7 Å². The monoisotopic (exact) mass is 305 g/mol. The van der Waals surface area contributed by atoms with Crippen LogP contribution in [0, 0.1) is 5.41 Å². The van der Waals surface area contributed by atoms with Crippen molar-refractivity contribution in [2.75, 3.05) is 13.2 Å². The number of aliphatic hydroxyl groups is 1. The number of nitrogens with zero attached hydrogens (tertiary/aromatic N) is 2. The fourth-order valence-corrected chi connectivity index (χ4v) is 4.16. The number of amides is 1. The smallest absolute Gasteiger partial charge is 0.272 e. The Bertz CT molecular complexity index is 554. The average molecular weight is 305 g/mol. The summed E-state index contributed by atoms with van der Waals surface area (Å²) >= 11 is 0. The topological polar surface area (TPSA) is 76.4 Å². The summed E-state index contributed by atoms with van der Waals surface area (Å²) < 4.78 is 7.36. The summed E-state index contributed by atoms with van der Waals surface area (Å²) in [4.78, 5) is 12.5. The highest BCUT2D eigenvalue weighted by Crippen LogP contribution is 2.49. The summed E-state index contributed by atoms with van der Waals surface area (Å²) in [6.45, 7) is 2.25. The van der Waals surface area contributed by atoms with E-state index in [1.165, 1.54) is 6.42 Å². The number of aliphatic hydroxyl groups excluding tert-OH is 1. The fraction of sp³-hybridized carbons (Fsp3) is 0.750. The Morgan fingerprint density at radius 1 is 1.41 bits per heavy atom. The van der Waals surface area contributed by atoms with Crippen LogP contribution in [-0.4, -0.2) is 46.2 Å². The van der Waals surface area contributed by atoms with Crippen LogP contribution < -0.4 is 5.32 Å². The number of ether oxygens (including phenoxy) is 1. The molecule has 6 heteroatoms. The predicted octanol–water partition coefficient (Wildman–Crippen LogP) is 0.879. The van der Waals surface area contributed by atoms with Crippen molar-refractivity contribution in [3.05, 3.63) is 17.5 Å². The Morgan fingerprint density at radius 3 is 2.95 bits per heavy atom. The van der Waals surface area contributed by atoms with Gasteiger partial charge in [0.15, 0.2) is 0 Å². The zero-order valence-corrected chi connectivity index (χ0v) is 12.8. The Hall–Kier alpha value is -1.40. The van der Waals surface area contributed by atoms with E-state index in [4.69, 9.17) is 4.74 Å². The number of carbonyl (C=O) groups excluding carboxylic acids is 1. The number of hydrogen-bond acceptors (Lipinski definition) is 4. The molecule has 3 heterocycles. The molecule has 2 N–H and O–H groups in total. The second-order valence-corrected chi connectivity index (χ2v) is 6.82. The minimum absolute atomic E-state index is 0.0395. The molecular weight excluding hydrogens is 282 g/mol. The van der Waals surface area contributed by atoms with Gasteiger partial charge in [0.05, 0.1) is 6.10 Å². The maximum absolute atomic E-state index is 12.5. The predicted molar refractivity (Wildman–Crippen MR) is 79.5 cm³/mol. The molecule has 1 amide bonds. The lowest BCUT2D eigenvalue weighted by atomic mass is 9.58. The first kappa shape index (κ1) is 14.2. The van der Waals surface area contributed by atoms with E-state index in [0.717, 1.165) is 37.9 Å². The molecule has 22 heavy (non-hydrogen) atoms. The standard InChI is InChI=1S/C16H23N3O3/c20-14-10-13(16(14)4-7-22-8-5-16)17-15(21)12-9-11-3-1-2-6-19(11)18-12/h9,13-14,20H,1-8,10H2,(H,17,21)/t13-,14-/m1/s1. The molecule has 1 aromatic heterocycles. The number of nitrogens with one attached hydrogen (secondary N) is 1. The number of aryl methyl sites for hydroxylation is 2. The van der Waals surface area contributed by atoms with Crippen LogP contribution >= 0.6 is 0 Å². The summed E-state index contributed by atoms with van der Waals surface area (Å²) in [7, 11) is 0. The first-order valence-corrected chi connectivity index (χ1v) is 8.32. The molecule has 4 rings (SSSR count). The van der Waals surface area contributed by atoms with E-state index in [2.05, 4.69) is 10.4 Å². The van der Waals surface area contributed by atoms with Crippen molar-refractivity contribution in [2.24, 2.45) is 5.41 Å². The first-order chi connectivity index (χ1) is 10.7. The normalized spacial score (nSPS) is 29.7. The highest BCUT2D eigenvalue weighted by Gasteiger charge is 2.55. The molecule has 6 nitrogen and oxygen atoms in total. The van der Waals surface area contributed by atoms with Crippen molar-refractivity contribution in [2.45, 2.75) is 57.2 Å². The van der Waals surface area contributed by atoms with Gasteiger partial charge in [-0.2, -0.15) is 5.10 Å². The van der Waals surface area contributed by atoms with Gasteiger partial charge in [0.25, 0.3) is 5.91 Å². The zero-order valence-electron chi connectivity index (χ0n) is 12.8. The van der Waals surface area contributed by atoms with Crippen molar-refractivity contribution in [1.29, 1.82) is 0 Å². The molecule has 2 fully saturated rings. The molecule has 120 valence electrons. The van der Waals surface area contributed by atoms with Gasteiger partial charge in [-0.15, -0.1) is 0 Å². The highest BCUT2D eigenvalue weighted by molar-refractivity contribution is 5.92. The minimum atomic E-state index is -0.322. The molecule has 3 aliphatic rings. The summed E-state index contributed by atoms with van der Waals surface area (Å²) in [5, 5.41) is 17.7. The van der Waals surface area contributed by atoms with Crippen molar-refractivity contribution >= 4 is 5.91 Å². The lowest BCUT2D eigenvalue weighted by Crippen LogP contribution is -2.65. The molecule has 1 aliphatic carbocycles. The molecule has 2 aliphatic heterocycles. The van der Waals surface area contributed by atoms with Crippen LogP contribution in [0.2, 0.25) is 0 Å². The van der Waals surface area contributed by atoms with Crippen molar-refractivity contribution in [1.82, 2.24) is 15.1 Å². The van der Waals surface area contributed by atoms with Crippen LogP contribution in [0.15, 0.2) is 6.07 Å². The number of rotatable bonds is 2. The largest absolute Gasteiger partial charge is 0.392 e. The second kappa shape index (κ2) is 5.35. The third-order valence-corrected chi connectivity index (χ3v) is 5.69. The van der Waals surface area contributed by atoms with Gasteiger partial charge in [-0.05, 0) is 44.6 Å². The van der Waals surface area contributed by atoms with Crippen molar-refractivity contribution in [3.8, 4) is 0 Å². The Balaban J connectivity index is 1.46. The molecule has 0 unspecified atom stereocenters. The van der Waals surface area contributed by atoms with Gasteiger partial charge in [-0.3, -0.25) is 9.48 Å². The Morgan fingerprint density at radius 2 is 2.23 bits per heavy atom. The summed E-state index contributed by atoms with van der Waals surface area (Å²) in [6, 6.07) is 1.96. The fourth-order valence-electron chi connectivity index (χ4n) is 4.16. The maximum atomic E-state index is 12.5. The van der Waals surface area contributed by atoms with Crippen LogP contribution in [0.5, 0.6) is 0 Å². The molecule has 0 bridgehead atoms. The third-order valence-electron chi connectivity index (χ3n) is 5.69. The quantitative estimate of drug-likeness (QED) is 0.850. The molecule has 2 atom stereocenters. The molecule has 0 aromatic carbocycles. The number of hydrogen-bond donors (Lipinski definition) is 2. The molecule has 1 spiro atoms. The molecule has 0 radical (unpaired) electrons. The van der Waals surface area contributed by atoms with Gasteiger partial charge in [0, 0.05) is 36.9 Å². The summed E-state index contributed by atoms with van der Waals surface area (Å²) in [6.07, 6.45) is 5.26. The van der Waals surface area contributed by atoms with Gasteiger partial charge in [0.2, 0.25) is 0 Å². The van der Waals surface area contributed by atoms with E-state index < -0.39 is 0 Å². The minimum Gasteiger partial charge on any atom is -0.392 e. The highest BCUT2D eigenvalue weighted by atomic mass is 16.5. The number of aromatic nitrogens is 2. The Kier molecular flexibility index (Phi) is 3.46. The van der Waals surface area contributed by atoms with E-state index in [1.807, 2.05) is 10.7 Å². The average Bonchev–Trinajstić information content (AvgIpc) is 2.99. The van der Waals surface area contributed by atoms with E-state index in [-0.39, 0.29) is 23.5 Å². The van der Waals surface area contributed by atoms with Gasteiger partial charge >= 0.3 is 0 Å². The number of fused-ring (bicyclic) bond motifs is 1. The molecule has 1 saturated heterocycles. The second-order valence-electron chi connectivity index (χ2n) is 6.82. The zero-order chi connectivity index (χ0) is 15.2. The van der Waals surface area contributed by atoms with Gasteiger partial charge < -0.3 is 15.2 Å². The molecule has 1 aromatic rings. The van der Waals surface area contributed by atoms with E-state index in [9.17, 15) is 9.90 Å². The van der Waals surface area contributed by atoms with Gasteiger partial charge in [0.1, 0.15) is 5.69 Å². The van der Waals surface area contributed by atoms with E-state index >= 15 is 0 Å². The SMILES string of the molecule is O=C(N[C@@H]1C[C@@H](O)C12CCOCC2)c1cc2n(n1)CCCC2. The van der Waals surface area contributed by atoms with Gasteiger partial charge in [-0.1, -0.05) is 0 Å². The van der Waals surface area contributed by atoms with Gasteiger partial charge in [-0.25, -0.2) is 0 Å². The Labute approximate surface area is 129 Å². The van der Waals surface area contributed by atoms with Crippen LogP contribution in [0.1, 0.15) is 48.3 Å². The third kappa shape index (κ3) is 2.16. The summed E-state index contributed by atoms with van der Waals surface area (Å²) in [5.74, 6) is -0.107. The van der Waals surface area contributed by atoms with Crippen LogP contribution in [0.4, 0.5) is 0 Å². The number of carbonyl (C=O) groups is 1. The van der Waals surface area contributed by atoms with E-state index in [0.29, 0.717) is 25.3 Å². The first-order valence-electron chi connectivity index (χ1n) is 8.32.